The standard InChI is InChI=1S/C20H29FN/c1-14-8-10-19(17(21)12-14)22(6,7)18-11-9-16(13-15(18)2)20(3,4)5/h9,11-13H,8,10H2,1-7H3/q+1. The van der Waals surface area contributed by atoms with Gasteiger partial charge in [0.2, 0.25) is 0 Å². The van der Waals surface area contributed by atoms with Gasteiger partial charge in [0.25, 0.3) is 0 Å². The van der Waals surface area contributed by atoms with Crippen molar-refractivity contribution >= 4 is 5.69 Å². The van der Waals surface area contributed by atoms with Gasteiger partial charge >= 0.3 is 0 Å². The van der Waals surface area contributed by atoms with Crippen molar-refractivity contribution in [2.45, 2.75) is 52.9 Å². The lowest BCUT2D eigenvalue weighted by Crippen LogP contribution is -2.41. The zero-order chi connectivity index (χ0) is 16.7. The molecule has 1 aliphatic rings. The molecule has 0 unspecified atom stereocenters. The molecule has 1 aromatic rings. The van der Waals surface area contributed by atoms with E-state index in [1.807, 2.05) is 6.92 Å². The molecule has 0 N–H and O–H groups in total. The van der Waals surface area contributed by atoms with Crippen LogP contribution >= 0.6 is 0 Å². The van der Waals surface area contributed by atoms with Crippen LogP contribution in [0.2, 0.25) is 0 Å². The SMILES string of the molecule is CC1=CC(F)=C([N+](C)(C)c2ccc(C(C)(C)C)cc2C)CC1. The molecule has 0 radical (unpaired) electrons. The highest BCUT2D eigenvalue weighted by Crippen LogP contribution is 2.37. The van der Waals surface area contributed by atoms with E-state index >= 15 is 0 Å². The van der Waals surface area contributed by atoms with E-state index in [2.05, 4.69) is 60.0 Å². The Morgan fingerprint density at radius 2 is 1.68 bits per heavy atom. The maximum Gasteiger partial charge on any atom is 0.179 e. The van der Waals surface area contributed by atoms with Gasteiger partial charge in [0.1, 0.15) is 11.4 Å². The molecular weight excluding hydrogens is 273 g/mol. The van der Waals surface area contributed by atoms with Gasteiger partial charge in [-0.2, -0.15) is 0 Å². The molecule has 1 nitrogen and oxygen atoms in total. The quantitative estimate of drug-likeness (QED) is 0.607. The molecule has 0 atom stereocenters. The normalized spacial score (nSPS) is 16.8. The molecule has 0 saturated carbocycles. The van der Waals surface area contributed by atoms with Crippen molar-refractivity contribution in [3.63, 3.8) is 0 Å². The number of quaternary nitrogens is 1. The van der Waals surface area contributed by atoms with Crippen LogP contribution < -0.4 is 4.48 Å². The third kappa shape index (κ3) is 3.17. The molecule has 0 bridgehead atoms. The van der Waals surface area contributed by atoms with E-state index < -0.39 is 0 Å². The van der Waals surface area contributed by atoms with Crippen molar-refractivity contribution in [3.05, 3.63) is 52.5 Å². The lowest BCUT2D eigenvalue weighted by molar-refractivity contribution is 0.435. The largest absolute Gasteiger partial charge is 0.264 e. The van der Waals surface area contributed by atoms with Gasteiger partial charge in [0.15, 0.2) is 5.83 Å². The average Bonchev–Trinajstić information content (AvgIpc) is 2.36. The number of halogens is 1. The van der Waals surface area contributed by atoms with Crippen LogP contribution in [-0.2, 0) is 5.41 Å². The van der Waals surface area contributed by atoms with Gasteiger partial charge in [0.05, 0.1) is 14.1 Å². The minimum Gasteiger partial charge on any atom is -0.264 e. The number of hydrogen-bond acceptors (Lipinski definition) is 0. The Hall–Kier alpha value is -1.41. The van der Waals surface area contributed by atoms with Gasteiger partial charge in [-0.25, -0.2) is 4.39 Å². The molecule has 0 aliphatic heterocycles. The molecule has 0 aromatic heterocycles. The van der Waals surface area contributed by atoms with Crippen LogP contribution in [0.15, 0.2) is 41.4 Å². The van der Waals surface area contributed by atoms with E-state index in [1.165, 1.54) is 16.8 Å². The Bertz CT molecular complexity index is 642. The number of allylic oxidation sites excluding steroid dienone is 4. The summed E-state index contributed by atoms with van der Waals surface area (Å²) in [5.41, 5.74) is 5.85. The third-order valence-corrected chi connectivity index (χ3v) is 4.74. The summed E-state index contributed by atoms with van der Waals surface area (Å²) < 4.78 is 15.0. The van der Waals surface area contributed by atoms with Gasteiger partial charge in [0, 0.05) is 18.1 Å². The summed E-state index contributed by atoms with van der Waals surface area (Å²) in [5, 5.41) is 0. The monoisotopic (exact) mass is 302 g/mol. The molecular formula is C20H29FN+. The first kappa shape index (κ1) is 17.0. The Kier molecular flexibility index (Phi) is 4.36. The van der Waals surface area contributed by atoms with E-state index in [-0.39, 0.29) is 11.2 Å². The second kappa shape index (κ2) is 5.66. The topological polar surface area (TPSA) is 0 Å². The minimum atomic E-state index is -0.0620. The van der Waals surface area contributed by atoms with Crippen molar-refractivity contribution in [3.8, 4) is 0 Å². The van der Waals surface area contributed by atoms with E-state index in [4.69, 9.17) is 0 Å². The predicted molar refractivity (Wildman–Crippen MR) is 94.6 cm³/mol. The van der Waals surface area contributed by atoms with Crippen molar-refractivity contribution in [2.75, 3.05) is 14.1 Å². The Morgan fingerprint density at radius 3 is 2.18 bits per heavy atom. The number of hydrogen-bond donors (Lipinski definition) is 0. The summed E-state index contributed by atoms with van der Waals surface area (Å²) in [5.74, 6) is -0.0620. The molecule has 120 valence electrons. The number of benzene rings is 1. The summed E-state index contributed by atoms with van der Waals surface area (Å²) >= 11 is 0. The van der Waals surface area contributed by atoms with Crippen molar-refractivity contribution in [1.29, 1.82) is 0 Å². The van der Waals surface area contributed by atoms with Crippen LogP contribution in [0.1, 0.15) is 51.7 Å². The maximum atomic E-state index is 14.5. The summed E-state index contributed by atoms with van der Waals surface area (Å²) in [4.78, 5) is 0. The predicted octanol–water partition coefficient (Wildman–Crippen LogP) is 5.78. The number of nitrogens with zero attached hydrogens (tertiary/aromatic N) is 1. The van der Waals surface area contributed by atoms with Crippen LogP contribution in [0.4, 0.5) is 10.1 Å². The van der Waals surface area contributed by atoms with Crippen molar-refractivity contribution in [1.82, 2.24) is 4.48 Å². The maximum absolute atomic E-state index is 14.5. The molecule has 0 saturated heterocycles. The zero-order valence-corrected chi connectivity index (χ0v) is 15.0. The highest BCUT2D eigenvalue weighted by Gasteiger charge is 2.32. The fourth-order valence-electron chi connectivity index (χ4n) is 3.25. The Morgan fingerprint density at radius 1 is 1.05 bits per heavy atom. The number of aryl methyl sites for hydroxylation is 1. The summed E-state index contributed by atoms with van der Waals surface area (Å²) in [6.45, 7) is 10.8. The van der Waals surface area contributed by atoms with Crippen molar-refractivity contribution in [2.24, 2.45) is 0 Å². The molecule has 22 heavy (non-hydrogen) atoms. The zero-order valence-electron chi connectivity index (χ0n) is 15.0. The lowest BCUT2D eigenvalue weighted by atomic mass is 9.85. The molecule has 0 amide bonds. The Labute approximate surface area is 134 Å². The first-order valence-corrected chi connectivity index (χ1v) is 8.05. The van der Waals surface area contributed by atoms with Gasteiger partial charge in [-0.15, -0.1) is 0 Å². The molecule has 1 aliphatic carbocycles. The van der Waals surface area contributed by atoms with Crippen molar-refractivity contribution < 1.29 is 4.39 Å². The van der Waals surface area contributed by atoms with Gasteiger partial charge in [-0.3, -0.25) is 4.48 Å². The fourth-order valence-corrected chi connectivity index (χ4v) is 3.25. The van der Waals surface area contributed by atoms with Crippen LogP contribution in [0.5, 0.6) is 0 Å². The number of rotatable bonds is 2. The molecule has 2 heteroatoms. The molecule has 1 aromatic carbocycles. The second-order valence-electron chi connectivity index (χ2n) is 7.99. The van der Waals surface area contributed by atoms with E-state index in [1.54, 1.807) is 6.08 Å². The minimum absolute atomic E-state index is 0.0620. The summed E-state index contributed by atoms with van der Waals surface area (Å²) in [7, 11) is 4.17. The smallest absolute Gasteiger partial charge is 0.179 e. The first-order valence-electron chi connectivity index (χ1n) is 8.05. The van der Waals surface area contributed by atoms with Gasteiger partial charge in [-0.05, 0) is 43.4 Å². The first-order chi connectivity index (χ1) is 10.0. The van der Waals surface area contributed by atoms with E-state index in [9.17, 15) is 4.39 Å². The lowest BCUT2D eigenvalue weighted by Gasteiger charge is -2.34. The Balaban J connectivity index is 2.49. The van der Waals surface area contributed by atoms with Crippen LogP contribution in [0.3, 0.4) is 0 Å². The molecule has 0 spiro atoms. The molecule has 0 heterocycles. The summed E-state index contributed by atoms with van der Waals surface area (Å²) in [6.07, 6.45) is 3.43. The van der Waals surface area contributed by atoms with Gasteiger partial charge in [-0.1, -0.05) is 32.4 Å². The highest BCUT2D eigenvalue weighted by molar-refractivity contribution is 5.56. The summed E-state index contributed by atoms with van der Waals surface area (Å²) in [6, 6.07) is 6.60. The highest BCUT2D eigenvalue weighted by atomic mass is 19.1. The van der Waals surface area contributed by atoms with Crippen LogP contribution in [-0.4, -0.2) is 14.1 Å². The average molecular weight is 302 g/mol. The van der Waals surface area contributed by atoms with E-state index in [0.717, 1.165) is 24.1 Å². The van der Waals surface area contributed by atoms with E-state index in [0.29, 0.717) is 4.48 Å². The van der Waals surface area contributed by atoms with Gasteiger partial charge < -0.3 is 0 Å². The molecule has 0 fully saturated rings. The van der Waals surface area contributed by atoms with Crippen LogP contribution in [0.25, 0.3) is 0 Å². The second-order valence-corrected chi connectivity index (χ2v) is 7.99. The molecule has 2 rings (SSSR count). The fraction of sp³-hybridized carbons (Fsp3) is 0.500. The van der Waals surface area contributed by atoms with Crippen LogP contribution in [0, 0.1) is 6.92 Å². The third-order valence-electron chi connectivity index (χ3n) is 4.74.